The molecule has 0 saturated heterocycles. The van der Waals surface area contributed by atoms with Crippen molar-refractivity contribution in [3.05, 3.63) is 29.8 Å². The Balaban J connectivity index is 2.83. The summed E-state index contributed by atoms with van der Waals surface area (Å²) in [6.07, 6.45) is 3.06. The first kappa shape index (κ1) is 13.9. The van der Waals surface area contributed by atoms with Gasteiger partial charge in [0.1, 0.15) is 0 Å². The fourth-order valence-corrected chi connectivity index (χ4v) is 3.19. The van der Waals surface area contributed by atoms with Crippen LogP contribution in [0.4, 0.5) is 0 Å². The number of hydrogen-bond donors (Lipinski definition) is 1. The van der Waals surface area contributed by atoms with Gasteiger partial charge in [0.25, 0.3) is 10.1 Å². The fraction of sp³-hybridized carbons (Fsp3) is 0.455. The van der Waals surface area contributed by atoms with Crippen LogP contribution in [0, 0.1) is 0 Å². The third kappa shape index (κ3) is 4.39. The molecule has 0 aliphatic heterocycles. The van der Waals surface area contributed by atoms with Gasteiger partial charge < -0.3 is 0 Å². The Hall–Kier alpha value is -0.140. The van der Waals surface area contributed by atoms with Crippen LogP contribution in [0.15, 0.2) is 29.2 Å². The molecule has 90 valence electrons. The van der Waals surface area contributed by atoms with Crippen molar-refractivity contribution in [1.29, 1.82) is 0 Å². The van der Waals surface area contributed by atoms with E-state index in [9.17, 15) is 8.42 Å². The Morgan fingerprint density at radius 3 is 2.69 bits per heavy atom. The molecule has 1 rings (SSSR count). The molecular weight excluding hydrogens is 339 g/mol. The average Bonchev–Trinajstić information content (AvgIpc) is 2.17. The molecule has 0 bridgehead atoms. The van der Waals surface area contributed by atoms with E-state index < -0.39 is 10.1 Å². The second-order valence-corrected chi connectivity index (χ2v) is 6.90. The van der Waals surface area contributed by atoms with Crippen LogP contribution in [0.5, 0.6) is 0 Å². The molecule has 0 aliphatic carbocycles. The second-order valence-electron chi connectivity index (χ2n) is 3.71. The summed E-state index contributed by atoms with van der Waals surface area (Å²) in [5, 5.41) is 0. The molecule has 0 aliphatic rings. The van der Waals surface area contributed by atoms with E-state index in [1.165, 1.54) is 12.1 Å². The first-order valence-corrected chi connectivity index (χ1v) is 7.82. The summed E-state index contributed by atoms with van der Waals surface area (Å²) in [5.74, 6) is 0. The highest BCUT2D eigenvalue weighted by Crippen LogP contribution is 2.18. The summed E-state index contributed by atoms with van der Waals surface area (Å²) in [6.45, 7) is 2.13. The summed E-state index contributed by atoms with van der Waals surface area (Å²) < 4.78 is 31.3. The SMILES string of the molecule is CCCC(I)Cc1cccc(S(=O)(=O)O)c1. The van der Waals surface area contributed by atoms with E-state index in [1.807, 2.05) is 6.07 Å². The van der Waals surface area contributed by atoms with Crippen molar-refractivity contribution >= 4 is 32.7 Å². The minimum atomic E-state index is -4.08. The first-order valence-electron chi connectivity index (χ1n) is 5.14. The van der Waals surface area contributed by atoms with E-state index >= 15 is 0 Å². The molecule has 1 aromatic carbocycles. The van der Waals surface area contributed by atoms with Crippen LogP contribution in [-0.2, 0) is 16.5 Å². The molecule has 0 radical (unpaired) electrons. The molecule has 5 heteroatoms. The summed E-state index contributed by atoms with van der Waals surface area (Å²) in [6, 6.07) is 6.49. The number of rotatable bonds is 5. The Morgan fingerprint density at radius 1 is 1.44 bits per heavy atom. The van der Waals surface area contributed by atoms with Crippen molar-refractivity contribution in [3.63, 3.8) is 0 Å². The minimum absolute atomic E-state index is 0.0231. The van der Waals surface area contributed by atoms with Crippen molar-refractivity contribution in [3.8, 4) is 0 Å². The minimum Gasteiger partial charge on any atom is -0.282 e. The fourth-order valence-electron chi connectivity index (χ4n) is 1.50. The van der Waals surface area contributed by atoms with Crippen molar-refractivity contribution in [2.45, 2.75) is 35.0 Å². The third-order valence-electron chi connectivity index (χ3n) is 2.26. The average molecular weight is 354 g/mol. The third-order valence-corrected chi connectivity index (χ3v) is 4.17. The Bertz CT molecular complexity index is 442. The van der Waals surface area contributed by atoms with E-state index in [4.69, 9.17) is 4.55 Å². The molecule has 0 aromatic heterocycles. The number of alkyl halides is 1. The molecule has 0 spiro atoms. The van der Waals surface area contributed by atoms with Crippen LogP contribution in [0.1, 0.15) is 25.3 Å². The molecule has 16 heavy (non-hydrogen) atoms. The maximum Gasteiger partial charge on any atom is 0.294 e. The summed E-state index contributed by atoms with van der Waals surface area (Å²) in [4.78, 5) is -0.0231. The van der Waals surface area contributed by atoms with Gasteiger partial charge in [-0.15, -0.1) is 0 Å². The lowest BCUT2D eigenvalue weighted by molar-refractivity contribution is 0.483. The normalized spacial score (nSPS) is 13.7. The van der Waals surface area contributed by atoms with Crippen molar-refractivity contribution in [1.82, 2.24) is 0 Å². The van der Waals surface area contributed by atoms with Crippen molar-refractivity contribution in [2.24, 2.45) is 0 Å². The van der Waals surface area contributed by atoms with Crippen LogP contribution < -0.4 is 0 Å². The first-order chi connectivity index (χ1) is 7.43. The Labute approximate surface area is 110 Å². The zero-order chi connectivity index (χ0) is 12.2. The molecule has 1 unspecified atom stereocenters. The zero-order valence-electron chi connectivity index (χ0n) is 9.06. The van der Waals surface area contributed by atoms with Gasteiger partial charge in [0, 0.05) is 3.92 Å². The van der Waals surface area contributed by atoms with Crippen molar-refractivity contribution in [2.75, 3.05) is 0 Å². The van der Waals surface area contributed by atoms with Gasteiger partial charge in [0.15, 0.2) is 0 Å². The van der Waals surface area contributed by atoms with Crippen LogP contribution in [-0.4, -0.2) is 16.9 Å². The van der Waals surface area contributed by atoms with Gasteiger partial charge in [-0.1, -0.05) is 48.1 Å². The van der Waals surface area contributed by atoms with Crippen LogP contribution >= 0.6 is 22.6 Å². The van der Waals surface area contributed by atoms with Gasteiger partial charge in [0.05, 0.1) is 4.90 Å². The zero-order valence-corrected chi connectivity index (χ0v) is 12.0. The molecule has 1 atom stereocenters. The van der Waals surface area contributed by atoms with E-state index in [2.05, 4.69) is 29.5 Å². The molecule has 1 N–H and O–H groups in total. The predicted molar refractivity (Wildman–Crippen MR) is 72.7 cm³/mol. The van der Waals surface area contributed by atoms with Gasteiger partial charge in [-0.25, -0.2) is 0 Å². The largest absolute Gasteiger partial charge is 0.294 e. The summed E-state index contributed by atoms with van der Waals surface area (Å²) >= 11 is 2.37. The van der Waals surface area contributed by atoms with Gasteiger partial charge in [-0.3, -0.25) is 4.55 Å². The lowest BCUT2D eigenvalue weighted by Gasteiger charge is -2.08. The summed E-state index contributed by atoms with van der Waals surface area (Å²) in [5.41, 5.74) is 0.947. The molecule has 0 heterocycles. The van der Waals surface area contributed by atoms with Gasteiger partial charge in [0.2, 0.25) is 0 Å². The highest BCUT2D eigenvalue weighted by atomic mass is 127. The second kappa shape index (κ2) is 5.97. The maximum absolute atomic E-state index is 11.0. The lowest BCUT2D eigenvalue weighted by Crippen LogP contribution is -2.04. The van der Waals surface area contributed by atoms with Gasteiger partial charge in [-0.05, 0) is 30.5 Å². The number of halogens is 1. The number of hydrogen-bond acceptors (Lipinski definition) is 2. The monoisotopic (exact) mass is 354 g/mol. The standard InChI is InChI=1S/C11H15IO3S/c1-2-4-10(12)7-9-5-3-6-11(8-9)16(13,14)15/h3,5-6,8,10H,2,4,7H2,1H3,(H,13,14,15). The van der Waals surface area contributed by atoms with Crippen LogP contribution in [0.25, 0.3) is 0 Å². The summed E-state index contributed by atoms with van der Waals surface area (Å²) in [7, 11) is -4.08. The topological polar surface area (TPSA) is 54.4 Å². The van der Waals surface area contributed by atoms with E-state index in [1.54, 1.807) is 6.07 Å². The van der Waals surface area contributed by atoms with Gasteiger partial charge in [-0.2, -0.15) is 8.42 Å². The number of benzene rings is 1. The highest BCUT2D eigenvalue weighted by Gasteiger charge is 2.11. The predicted octanol–water partition coefficient (Wildman–Crippen LogP) is 3.08. The molecule has 0 amide bonds. The highest BCUT2D eigenvalue weighted by molar-refractivity contribution is 14.1. The van der Waals surface area contributed by atoms with E-state index in [-0.39, 0.29) is 4.90 Å². The van der Waals surface area contributed by atoms with Crippen molar-refractivity contribution < 1.29 is 13.0 Å². The maximum atomic E-state index is 11.0. The van der Waals surface area contributed by atoms with Gasteiger partial charge >= 0.3 is 0 Å². The molecule has 0 saturated carbocycles. The quantitative estimate of drug-likeness (QED) is 0.502. The Morgan fingerprint density at radius 2 is 2.12 bits per heavy atom. The van der Waals surface area contributed by atoms with Crippen LogP contribution in [0.2, 0.25) is 0 Å². The molecular formula is C11H15IO3S. The molecule has 1 aromatic rings. The molecule has 3 nitrogen and oxygen atoms in total. The van der Waals surface area contributed by atoms with E-state index in [0.717, 1.165) is 24.8 Å². The van der Waals surface area contributed by atoms with Crippen LogP contribution in [0.3, 0.4) is 0 Å². The smallest absolute Gasteiger partial charge is 0.282 e. The lowest BCUT2D eigenvalue weighted by atomic mass is 10.1. The van der Waals surface area contributed by atoms with E-state index in [0.29, 0.717) is 3.92 Å². The Kier molecular flexibility index (Phi) is 5.20. The molecule has 0 fully saturated rings.